The van der Waals surface area contributed by atoms with Crippen molar-refractivity contribution in [3.63, 3.8) is 0 Å². The van der Waals surface area contributed by atoms with E-state index in [4.69, 9.17) is 4.74 Å². The third kappa shape index (κ3) is 5.90. The van der Waals surface area contributed by atoms with Gasteiger partial charge in [-0.3, -0.25) is 4.79 Å². The van der Waals surface area contributed by atoms with E-state index in [0.29, 0.717) is 0 Å². The second kappa shape index (κ2) is 7.44. The van der Waals surface area contributed by atoms with Crippen LogP contribution in [0.2, 0.25) is 0 Å². The molecule has 1 unspecified atom stereocenters. The molecular weight excluding hydrogens is 272 g/mol. The van der Waals surface area contributed by atoms with Gasteiger partial charge in [-0.2, -0.15) is 0 Å². The predicted octanol–water partition coefficient (Wildman–Crippen LogP) is 2.73. The first-order valence-electron chi connectivity index (χ1n) is 5.45. The fourth-order valence-corrected chi connectivity index (χ4v) is 2.02. The summed E-state index contributed by atoms with van der Waals surface area (Å²) in [5.74, 6) is -0.236. The van der Waals surface area contributed by atoms with Crippen LogP contribution in [-0.2, 0) is 16.1 Å². The highest BCUT2D eigenvalue weighted by molar-refractivity contribution is 9.09. The van der Waals surface area contributed by atoms with Crippen molar-refractivity contribution in [2.24, 2.45) is 0 Å². The number of aryl methyl sites for hydroxylation is 1. The zero-order chi connectivity index (χ0) is 11.8. The van der Waals surface area contributed by atoms with E-state index < -0.39 is 0 Å². The third-order valence-corrected chi connectivity index (χ3v) is 2.85. The average molecular weight is 289 g/mol. The molecule has 90 valence electrons. The molecule has 1 aromatic rings. The summed E-state index contributed by atoms with van der Waals surface area (Å²) in [6, 6.07) is 0. The highest BCUT2D eigenvalue weighted by Gasteiger charge is 2.06. The van der Waals surface area contributed by atoms with Crippen LogP contribution >= 0.6 is 15.9 Å². The van der Waals surface area contributed by atoms with Crippen molar-refractivity contribution in [3.05, 3.63) is 18.7 Å². The van der Waals surface area contributed by atoms with Crippen molar-refractivity contribution < 1.29 is 9.53 Å². The summed E-state index contributed by atoms with van der Waals surface area (Å²) < 4.78 is 7.03. The van der Waals surface area contributed by atoms with Crippen LogP contribution in [0.4, 0.5) is 0 Å². The molecule has 0 saturated carbocycles. The van der Waals surface area contributed by atoms with Gasteiger partial charge in [0.2, 0.25) is 0 Å². The van der Waals surface area contributed by atoms with Gasteiger partial charge in [0.25, 0.3) is 0 Å². The molecule has 5 heteroatoms. The van der Waals surface area contributed by atoms with Crippen molar-refractivity contribution in [2.75, 3.05) is 0 Å². The number of rotatable bonds is 7. The molecule has 1 atom stereocenters. The van der Waals surface area contributed by atoms with Crippen molar-refractivity contribution in [3.8, 4) is 0 Å². The quantitative estimate of drug-likeness (QED) is 0.440. The van der Waals surface area contributed by atoms with E-state index in [9.17, 15) is 4.79 Å². The first-order chi connectivity index (χ1) is 7.68. The van der Waals surface area contributed by atoms with Gasteiger partial charge in [-0.25, -0.2) is 4.98 Å². The van der Waals surface area contributed by atoms with Gasteiger partial charge in [0, 0.05) is 25.9 Å². The number of alkyl halides is 1. The number of ether oxygens (including phenoxy) is 1. The molecule has 1 rings (SSSR count). The molecule has 0 spiro atoms. The lowest BCUT2D eigenvalue weighted by Gasteiger charge is -2.09. The molecule has 0 amide bonds. The smallest absolute Gasteiger partial charge is 0.303 e. The van der Waals surface area contributed by atoms with Gasteiger partial charge >= 0.3 is 5.97 Å². The van der Waals surface area contributed by atoms with Crippen LogP contribution in [0.3, 0.4) is 0 Å². The number of hydrogen-bond donors (Lipinski definition) is 0. The fourth-order valence-electron chi connectivity index (χ4n) is 1.43. The van der Waals surface area contributed by atoms with Crippen molar-refractivity contribution in [2.45, 2.75) is 44.2 Å². The third-order valence-electron chi connectivity index (χ3n) is 2.20. The second-order valence-corrected chi connectivity index (χ2v) is 4.69. The van der Waals surface area contributed by atoms with Gasteiger partial charge in [0.15, 0.2) is 5.01 Å². The van der Waals surface area contributed by atoms with Crippen LogP contribution in [0, 0.1) is 0 Å². The Bertz CT molecular complexity index is 301. The van der Waals surface area contributed by atoms with E-state index >= 15 is 0 Å². The van der Waals surface area contributed by atoms with Crippen LogP contribution < -0.4 is 0 Å². The van der Waals surface area contributed by atoms with Crippen LogP contribution in [0.1, 0.15) is 32.6 Å². The number of halogens is 1. The summed E-state index contributed by atoms with van der Waals surface area (Å²) >= 11 is 3.31. The minimum absolute atomic E-state index is 0.141. The number of nitrogens with zero attached hydrogens (tertiary/aromatic N) is 2. The number of imidazole rings is 1. The molecule has 1 aromatic heterocycles. The zero-order valence-corrected chi connectivity index (χ0v) is 11.0. The minimum Gasteiger partial charge on any atom is -0.451 e. The highest BCUT2D eigenvalue weighted by Crippen LogP contribution is 2.13. The lowest BCUT2D eigenvalue weighted by atomic mass is 10.2. The number of unbranched alkanes of at least 4 members (excludes halogenated alkanes) is 2. The van der Waals surface area contributed by atoms with Gasteiger partial charge in [0.05, 0.1) is 6.33 Å². The van der Waals surface area contributed by atoms with E-state index in [1.807, 2.05) is 12.5 Å². The van der Waals surface area contributed by atoms with Crippen molar-refractivity contribution >= 4 is 21.9 Å². The van der Waals surface area contributed by atoms with E-state index in [1.165, 1.54) is 6.92 Å². The molecule has 0 aliphatic heterocycles. The summed E-state index contributed by atoms with van der Waals surface area (Å²) in [5.41, 5.74) is 0. The molecule has 1 heterocycles. The van der Waals surface area contributed by atoms with Crippen LogP contribution in [-0.4, -0.2) is 20.5 Å². The lowest BCUT2D eigenvalue weighted by molar-refractivity contribution is -0.142. The van der Waals surface area contributed by atoms with Gasteiger partial charge in [-0.05, 0) is 35.2 Å². The van der Waals surface area contributed by atoms with E-state index in [2.05, 4.69) is 25.5 Å². The normalized spacial score (nSPS) is 12.4. The van der Waals surface area contributed by atoms with Gasteiger partial charge in [0.1, 0.15) is 0 Å². The number of esters is 1. The van der Waals surface area contributed by atoms with Crippen LogP contribution in [0.15, 0.2) is 18.7 Å². The van der Waals surface area contributed by atoms with Crippen molar-refractivity contribution in [1.29, 1.82) is 0 Å². The largest absolute Gasteiger partial charge is 0.451 e. The SMILES string of the molecule is CC(=O)OC(Br)CCCCCn1ccnc1. The Kier molecular flexibility index (Phi) is 6.15. The molecule has 0 saturated heterocycles. The molecule has 0 bridgehead atoms. The first kappa shape index (κ1) is 13.2. The Balaban J connectivity index is 1.97. The van der Waals surface area contributed by atoms with E-state index in [0.717, 1.165) is 32.2 Å². The maximum atomic E-state index is 10.6. The number of aromatic nitrogens is 2. The Morgan fingerprint density at radius 1 is 1.50 bits per heavy atom. The van der Waals surface area contributed by atoms with E-state index in [-0.39, 0.29) is 11.0 Å². The topological polar surface area (TPSA) is 44.1 Å². The van der Waals surface area contributed by atoms with Gasteiger partial charge in [-0.15, -0.1) is 0 Å². The Morgan fingerprint density at radius 2 is 2.31 bits per heavy atom. The molecule has 0 aromatic carbocycles. The average Bonchev–Trinajstić information content (AvgIpc) is 2.68. The first-order valence-corrected chi connectivity index (χ1v) is 6.37. The maximum Gasteiger partial charge on any atom is 0.303 e. The van der Waals surface area contributed by atoms with Gasteiger partial charge in [-0.1, -0.05) is 6.42 Å². The van der Waals surface area contributed by atoms with Gasteiger partial charge < -0.3 is 9.30 Å². The summed E-state index contributed by atoms with van der Waals surface area (Å²) in [6.45, 7) is 2.42. The van der Waals surface area contributed by atoms with Crippen LogP contribution in [0.25, 0.3) is 0 Å². The second-order valence-electron chi connectivity index (χ2n) is 3.67. The maximum absolute atomic E-state index is 10.6. The predicted molar refractivity (Wildman–Crippen MR) is 65.2 cm³/mol. The summed E-state index contributed by atoms with van der Waals surface area (Å²) in [6.07, 6.45) is 9.74. The molecule has 0 radical (unpaired) electrons. The highest BCUT2D eigenvalue weighted by atomic mass is 79.9. The Labute approximate surface area is 104 Å². The minimum atomic E-state index is -0.236. The molecule has 0 aliphatic rings. The Hall–Kier alpha value is -0.840. The molecule has 0 fully saturated rings. The number of carbonyl (C=O) groups is 1. The number of hydrogen-bond acceptors (Lipinski definition) is 3. The molecule has 4 nitrogen and oxygen atoms in total. The molecule has 0 aliphatic carbocycles. The summed E-state index contributed by atoms with van der Waals surface area (Å²) in [5, 5.41) is -0.141. The lowest BCUT2D eigenvalue weighted by Crippen LogP contribution is -2.08. The standard InChI is InChI=1S/C11H17BrN2O2/c1-10(15)16-11(12)5-3-2-4-7-14-8-6-13-9-14/h6,8-9,11H,2-5,7H2,1H3. The number of carbonyl (C=O) groups excluding carboxylic acids is 1. The van der Waals surface area contributed by atoms with E-state index in [1.54, 1.807) is 6.20 Å². The fraction of sp³-hybridized carbons (Fsp3) is 0.636. The van der Waals surface area contributed by atoms with Crippen LogP contribution in [0.5, 0.6) is 0 Å². The molecule has 0 N–H and O–H groups in total. The molecule has 16 heavy (non-hydrogen) atoms. The summed E-state index contributed by atoms with van der Waals surface area (Å²) in [7, 11) is 0. The Morgan fingerprint density at radius 3 is 2.94 bits per heavy atom. The summed E-state index contributed by atoms with van der Waals surface area (Å²) in [4.78, 5) is 14.6. The zero-order valence-electron chi connectivity index (χ0n) is 9.43. The van der Waals surface area contributed by atoms with Crippen molar-refractivity contribution in [1.82, 2.24) is 9.55 Å². The monoisotopic (exact) mass is 288 g/mol. The molecular formula is C11H17BrN2O2.